The van der Waals surface area contributed by atoms with Crippen molar-refractivity contribution in [2.45, 2.75) is 39.3 Å². The summed E-state index contributed by atoms with van der Waals surface area (Å²) >= 11 is 0. The van der Waals surface area contributed by atoms with Crippen molar-refractivity contribution in [3.63, 3.8) is 0 Å². The van der Waals surface area contributed by atoms with Crippen molar-refractivity contribution in [3.8, 4) is 5.75 Å². The molecule has 0 saturated heterocycles. The zero-order chi connectivity index (χ0) is 14.7. The van der Waals surface area contributed by atoms with E-state index in [1.807, 2.05) is 26.4 Å². The second kappa shape index (κ2) is 6.09. The third-order valence-electron chi connectivity index (χ3n) is 3.51. The molecule has 0 saturated carbocycles. The van der Waals surface area contributed by atoms with Gasteiger partial charge in [0.05, 0.1) is 6.20 Å². The summed E-state index contributed by atoms with van der Waals surface area (Å²) in [5, 5.41) is 4.22. The van der Waals surface area contributed by atoms with E-state index in [-0.39, 0.29) is 12.1 Å². The van der Waals surface area contributed by atoms with Gasteiger partial charge in [0.2, 0.25) is 0 Å². The van der Waals surface area contributed by atoms with Crippen LogP contribution in [-0.2, 0) is 7.05 Å². The third kappa shape index (κ3) is 3.20. The Morgan fingerprint density at radius 1 is 1.35 bits per heavy atom. The largest absolute Gasteiger partial charge is 0.484 e. The summed E-state index contributed by atoms with van der Waals surface area (Å²) in [7, 11) is 1.90. The Morgan fingerprint density at radius 2 is 2.10 bits per heavy atom. The van der Waals surface area contributed by atoms with Crippen LogP contribution in [-0.4, -0.2) is 15.8 Å². The fourth-order valence-corrected chi connectivity index (χ4v) is 2.17. The standard InChI is InChI=1S/C16H23N3O/c1-5-14(17)16(13-9-18-19(4)10-13)20-15-8-11(2)6-7-12(15)3/h6-10,14,16H,5,17H2,1-4H3. The van der Waals surface area contributed by atoms with Gasteiger partial charge in [-0.2, -0.15) is 5.10 Å². The zero-order valence-electron chi connectivity index (χ0n) is 12.6. The molecule has 2 aromatic rings. The summed E-state index contributed by atoms with van der Waals surface area (Å²) in [5.41, 5.74) is 9.55. The Kier molecular flexibility index (Phi) is 4.45. The van der Waals surface area contributed by atoms with E-state index in [0.29, 0.717) is 0 Å². The van der Waals surface area contributed by atoms with Crippen molar-refractivity contribution < 1.29 is 4.74 Å². The Hall–Kier alpha value is -1.81. The maximum absolute atomic E-state index is 6.23. The van der Waals surface area contributed by atoms with Crippen LogP contribution < -0.4 is 10.5 Å². The fourth-order valence-electron chi connectivity index (χ4n) is 2.17. The van der Waals surface area contributed by atoms with E-state index in [4.69, 9.17) is 10.5 Å². The second-order valence-electron chi connectivity index (χ2n) is 5.33. The lowest BCUT2D eigenvalue weighted by molar-refractivity contribution is 0.169. The molecule has 2 N–H and O–H groups in total. The van der Waals surface area contributed by atoms with Crippen molar-refractivity contribution in [2.24, 2.45) is 12.8 Å². The first-order valence-electron chi connectivity index (χ1n) is 6.99. The Morgan fingerprint density at radius 3 is 2.70 bits per heavy atom. The molecule has 0 amide bonds. The highest BCUT2D eigenvalue weighted by atomic mass is 16.5. The van der Waals surface area contributed by atoms with Gasteiger partial charge in [0.25, 0.3) is 0 Å². The van der Waals surface area contributed by atoms with Crippen LogP contribution in [0.2, 0.25) is 0 Å². The summed E-state index contributed by atoms with van der Waals surface area (Å²) in [4.78, 5) is 0. The molecule has 0 aliphatic heterocycles. The summed E-state index contributed by atoms with van der Waals surface area (Å²) in [5.74, 6) is 0.891. The van der Waals surface area contributed by atoms with Gasteiger partial charge in [-0.1, -0.05) is 19.1 Å². The molecule has 1 heterocycles. The van der Waals surface area contributed by atoms with Gasteiger partial charge in [0, 0.05) is 24.8 Å². The van der Waals surface area contributed by atoms with Gasteiger partial charge in [-0.3, -0.25) is 4.68 Å². The molecule has 20 heavy (non-hydrogen) atoms. The molecule has 1 aromatic carbocycles. The van der Waals surface area contributed by atoms with Crippen molar-refractivity contribution in [1.82, 2.24) is 9.78 Å². The van der Waals surface area contributed by atoms with E-state index in [2.05, 4.69) is 37.1 Å². The summed E-state index contributed by atoms with van der Waals surface area (Å²) in [6, 6.07) is 6.16. The van der Waals surface area contributed by atoms with E-state index >= 15 is 0 Å². The van der Waals surface area contributed by atoms with E-state index in [1.165, 1.54) is 5.56 Å². The molecule has 0 fully saturated rings. The van der Waals surface area contributed by atoms with Gasteiger partial charge >= 0.3 is 0 Å². The van der Waals surface area contributed by atoms with Crippen LogP contribution >= 0.6 is 0 Å². The predicted octanol–water partition coefficient (Wildman–Crippen LogP) is 2.89. The van der Waals surface area contributed by atoms with Crippen molar-refractivity contribution in [3.05, 3.63) is 47.3 Å². The molecule has 2 unspecified atom stereocenters. The van der Waals surface area contributed by atoms with Crippen LogP contribution in [0.25, 0.3) is 0 Å². The SMILES string of the molecule is CCC(N)C(Oc1cc(C)ccc1C)c1cnn(C)c1. The lowest BCUT2D eigenvalue weighted by atomic mass is 10.0. The van der Waals surface area contributed by atoms with Gasteiger partial charge in [0.1, 0.15) is 11.9 Å². The van der Waals surface area contributed by atoms with Crippen molar-refractivity contribution >= 4 is 0 Å². The molecule has 0 bridgehead atoms. The predicted molar refractivity (Wildman–Crippen MR) is 80.8 cm³/mol. The number of aryl methyl sites for hydroxylation is 3. The Balaban J connectivity index is 2.30. The average Bonchev–Trinajstić information content (AvgIpc) is 2.85. The van der Waals surface area contributed by atoms with Crippen molar-refractivity contribution in [1.29, 1.82) is 0 Å². The number of nitrogens with two attached hydrogens (primary N) is 1. The molecule has 2 atom stereocenters. The number of benzene rings is 1. The molecule has 0 spiro atoms. The number of ether oxygens (including phenoxy) is 1. The quantitative estimate of drug-likeness (QED) is 0.911. The molecule has 2 rings (SSSR count). The number of hydrogen-bond donors (Lipinski definition) is 1. The van der Waals surface area contributed by atoms with Crippen LogP contribution in [0, 0.1) is 13.8 Å². The number of rotatable bonds is 5. The van der Waals surface area contributed by atoms with Gasteiger partial charge in [0.15, 0.2) is 0 Å². The van der Waals surface area contributed by atoms with Crippen LogP contribution in [0.1, 0.15) is 36.1 Å². The minimum absolute atomic E-state index is 0.0564. The molecule has 0 radical (unpaired) electrons. The lowest BCUT2D eigenvalue weighted by Crippen LogP contribution is -2.31. The summed E-state index contributed by atoms with van der Waals surface area (Å²) in [6.07, 6.45) is 4.47. The molecule has 0 aliphatic carbocycles. The van der Waals surface area contributed by atoms with Crippen LogP contribution in [0.15, 0.2) is 30.6 Å². The highest BCUT2D eigenvalue weighted by Crippen LogP contribution is 2.28. The normalized spacial score (nSPS) is 14.1. The van der Waals surface area contributed by atoms with E-state index < -0.39 is 0 Å². The topological polar surface area (TPSA) is 53.1 Å². The molecule has 4 heteroatoms. The third-order valence-corrected chi connectivity index (χ3v) is 3.51. The average molecular weight is 273 g/mol. The summed E-state index contributed by atoms with van der Waals surface area (Å²) < 4.78 is 7.97. The maximum Gasteiger partial charge on any atom is 0.142 e. The molecule has 0 aliphatic rings. The molecular formula is C16H23N3O. The number of aromatic nitrogens is 2. The van der Waals surface area contributed by atoms with E-state index in [0.717, 1.165) is 23.3 Å². The first kappa shape index (κ1) is 14.6. The molecular weight excluding hydrogens is 250 g/mol. The van der Waals surface area contributed by atoms with E-state index in [1.54, 1.807) is 4.68 Å². The van der Waals surface area contributed by atoms with Crippen LogP contribution in [0.5, 0.6) is 5.75 Å². The first-order chi connectivity index (χ1) is 9.51. The zero-order valence-corrected chi connectivity index (χ0v) is 12.6. The monoisotopic (exact) mass is 273 g/mol. The van der Waals surface area contributed by atoms with E-state index in [9.17, 15) is 0 Å². The van der Waals surface area contributed by atoms with Gasteiger partial charge in [-0.25, -0.2) is 0 Å². The van der Waals surface area contributed by atoms with Crippen molar-refractivity contribution in [2.75, 3.05) is 0 Å². The lowest BCUT2D eigenvalue weighted by Gasteiger charge is -2.24. The molecule has 108 valence electrons. The molecule has 4 nitrogen and oxygen atoms in total. The minimum atomic E-state index is -0.172. The Bertz CT molecular complexity index is 577. The van der Waals surface area contributed by atoms with Crippen LogP contribution in [0.4, 0.5) is 0 Å². The van der Waals surface area contributed by atoms with Crippen LogP contribution in [0.3, 0.4) is 0 Å². The first-order valence-corrected chi connectivity index (χ1v) is 6.99. The van der Waals surface area contributed by atoms with Gasteiger partial charge < -0.3 is 10.5 Å². The second-order valence-corrected chi connectivity index (χ2v) is 5.33. The van der Waals surface area contributed by atoms with Gasteiger partial charge in [-0.05, 0) is 37.5 Å². The highest BCUT2D eigenvalue weighted by Gasteiger charge is 2.22. The fraction of sp³-hybridized carbons (Fsp3) is 0.438. The Labute approximate surface area is 120 Å². The summed E-state index contributed by atoms with van der Waals surface area (Å²) in [6.45, 7) is 6.18. The maximum atomic E-state index is 6.23. The molecule has 1 aromatic heterocycles. The minimum Gasteiger partial charge on any atom is -0.484 e. The smallest absolute Gasteiger partial charge is 0.142 e. The van der Waals surface area contributed by atoms with Gasteiger partial charge in [-0.15, -0.1) is 0 Å². The highest BCUT2D eigenvalue weighted by molar-refractivity contribution is 5.36. The number of hydrogen-bond acceptors (Lipinski definition) is 3. The number of nitrogens with zero attached hydrogens (tertiary/aromatic N) is 2.